The fourth-order valence-electron chi connectivity index (χ4n) is 1.81. The summed E-state index contributed by atoms with van der Waals surface area (Å²) in [4.78, 5) is 10.8. The minimum Gasteiger partial charge on any atom is -0.492 e. The van der Waals surface area contributed by atoms with E-state index in [1.807, 2.05) is 6.92 Å². The molecular formula is C15H12Cl2O3. The first-order chi connectivity index (χ1) is 9.52. The summed E-state index contributed by atoms with van der Waals surface area (Å²) >= 11 is 12.4. The topological polar surface area (TPSA) is 46.5 Å². The molecule has 0 aliphatic rings. The highest BCUT2D eigenvalue weighted by Crippen LogP contribution is 2.36. The summed E-state index contributed by atoms with van der Waals surface area (Å²) in [5.74, 6) is -0.433. The molecule has 0 aliphatic carbocycles. The van der Waals surface area contributed by atoms with Gasteiger partial charge in [-0.2, -0.15) is 0 Å². The van der Waals surface area contributed by atoms with Gasteiger partial charge < -0.3 is 9.84 Å². The molecule has 0 radical (unpaired) electrons. The number of halogens is 2. The van der Waals surface area contributed by atoms with Crippen LogP contribution in [0, 0.1) is 0 Å². The van der Waals surface area contributed by atoms with Crippen molar-refractivity contribution in [3.8, 4) is 16.9 Å². The largest absolute Gasteiger partial charge is 0.492 e. The molecule has 5 heteroatoms. The third-order valence-electron chi connectivity index (χ3n) is 2.76. The van der Waals surface area contributed by atoms with Crippen LogP contribution in [-0.2, 0) is 0 Å². The number of ether oxygens (including phenoxy) is 1. The second-order valence-electron chi connectivity index (χ2n) is 4.08. The molecule has 0 amide bonds. The average Bonchev–Trinajstić information content (AvgIpc) is 2.43. The summed E-state index contributed by atoms with van der Waals surface area (Å²) in [5, 5.41) is 9.84. The molecule has 0 bridgehead atoms. The van der Waals surface area contributed by atoms with Gasteiger partial charge in [0.25, 0.3) is 0 Å². The van der Waals surface area contributed by atoms with E-state index in [1.54, 1.807) is 24.3 Å². The first-order valence-corrected chi connectivity index (χ1v) is 6.74. The second kappa shape index (κ2) is 6.16. The van der Waals surface area contributed by atoms with E-state index in [9.17, 15) is 4.79 Å². The zero-order valence-corrected chi connectivity index (χ0v) is 12.2. The van der Waals surface area contributed by atoms with Crippen LogP contribution in [0.5, 0.6) is 5.75 Å². The lowest BCUT2D eigenvalue weighted by Gasteiger charge is -2.10. The lowest BCUT2D eigenvalue weighted by molar-refractivity contribution is 0.0697. The maximum absolute atomic E-state index is 10.8. The predicted octanol–water partition coefficient (Wildman–Crippen LogP) is 4.76. The van der Waals surface area contributed by atoms with Crippen molar-refractivity contribution in [1.82, 2.24) is 0 Å². The molecule has 0 spiro atoms. The first-order valence-electron chi connectivity index (χ1n) is 5.98. The average molecular weight is 311 g/mol. The number of rotatable bonds is 4. The van der Waals surface area contributed by atoms with Crippen LogP contribution in [0.1, 0.15) is 17.3 Å². The maximum atomic E-state index is 10.8. The van der Waals surface area contributed by atoms with Crippen LogP contribution in [0.25, 0.3) is 11.1 Å². The number of hydrogen-bond acceptors (Lipinski definition) is 2. The van der Waals surface area contributed by atoms with Gasteiger partial charge >= 0.3 is 5.97 Å². The predicted molar refractivity (Wildman–Crippen MR) is 80.0 cm³/mol. The summed E-state index contributed by atoms with van der Waals surface area (Å²) in [5.41, 5.74) is 1.75. The monoisotopic (exact) mass is 310 g/mol. The van der Waals surface area contributed by atoms with Crippen LogP contribution in [0.15, 0.2) is 36.4 Å². The van der Waals surface area contributed by atoms with E-state index >= 15 is 0 Å². The highest BCUT2D eigenvalue weighted by Gasteiger charge is 2.11. The number of hydrogen-bond donors (Lipinski definition) is 1. The standard InChI is InChI=1S/C15H12Cl2O3/c1-2-20-14-8-12(16)11(7-13(14)17)9-3-5-10(6-4-9)15(18)19/h3-8H,2H2,1H3,(H,18,19). The van der Waals surface area contributed by atoms with E-state index in [-0.39, 0.29) is 5.56 Å². The molecule has 0 heterocycles. The van der Waals surface area contributed by atoms with Crippen molar-refractivity contribution in [1.29, 1.82) is 0 Å². The SMILES string of the molecule is CCOc1cc(Cl)c(-c2ccc(C(=O)O)cc2)cc1Cl. The molecule has 2 aromatic carbocycles. The van der Waals surface area contributed by atoms with E-state index in [4.69, 9.17) is 33.0 Å². The van der Waals surface area contributed by atoms with E-state index in [0.717, 1.165) is 11.1 Å². The van der Waals surface area contributed by atoms with E-state index in [1.165, 1.54) is 12.1 Å². The lowest BCUT2D eigenvalue weighted by atomic mass is 10.0. The van der Waals surface area contributed by atoms with E-state index in [2.05, 4.69) is 0 Å². The zero-order valence-electron chi connectivity index (χ0n) is 10.7. The van der Waals surface area contributed by atoms with Crippen molar-refractivity contribution >= 4 is 29.2 Å². The Labute approximate surface area is 126 Å². The molecule has 0 saturated heterocycles. The van der Waals surface area contributed by atoms with E-state index in [0.29, 0.717) is 22.4 Å². The van der Waals surface area contributed by atoms with Gasteiger partial charge in [-0.25, -0.2) is 4.79 Å². The number of benzene rings is 2. The van der Waals surface area contributed by atoms with Crippen LogP contribution >= 0.6 is 23.2 Å². The Hall–Kier alpha value is -1.71. The lowest BCUT2D eigenvalue weighted by Crippen LogP contribution is -1.95. The molecule has 2 rings (SSSR count). The van der Waals surface area contributed by atoms with Crippen molar-refractivity contribution < 1.29 is 14.6 Å². The van der Waals surface area contributed by atoms with Gasteiger partial charge in [0.2, 0.25) is 0 Å². The van der Waals surface area contributed by atoms with Gasteiger partial charge in [-0.3, -0.25) is 0 Å². The Morgan fingerprint density at radius 3 is 2.35 bits per heavy atom. The molecule has 1 N–H and O–H groups in total. The minimum atomic E-state index is -0.965. The third-order valence-corrected chi connectivity index (χ3v) is 3.37. The number of carboxylic acid groups (broad SMARTS) is 1. The van der Waals surface area contributed by atoms with Crippen molar-refractivity contribution in [2.45, 2.75) is 6.92 Å². The summed E-state index contributed by atoms with van der Waals surface area (Å²) in [7, 11) is 0. The quantitative estimate of drug-likeness (QED) is 0.885. The number of aromatic carboxylic acids is 1. The molecule has 20 heavy (non-hydrogen) atoms. The molecule has 3 nitrogen and oxygen atoms in total. The summed E-state index contributed by atoms with van der Waals surface area (Å²) in [6, 6.07) is 9.82. The summed E-state index contributed by atoms with van der Waals surface area (Å²) in [6.07, 6.45) is 0. The van der Waals surface area contributed by atoms with Crippen LogP contribution in [0.3, 0.4) is 0 Å². The number of carboxylic acids is 1. The Morgan fingerprint density at radius 1 is 1.15 bits per heavy atom. The van der Waals surface area contributed by atoms with Gasteiger partial charge in [-0.1, -0.05) is 35.3 Å². The molecule has 0 saturated carbocycles. The molecule has 104 valence electrons. The second-order valence-corrected chi connectivity index (χ2v) is 4.89. The zero-order chi connectivity index (χ0) is 14.7. The molecule has 0 aromatic heterocycles. The van der Waals surface area contributed by atoms with Crippen LogP contribution < -0.4 is 4.74 Å². The molecular weight excluding hydrogens is 299 g/mol. The molecule has 0 atom stereocenters. The molecule has 0 fully saturated rings. The smallest absolute Gasteiger partial charge is 0.335 e. The first kappa shape index (κ1) is 14.7. The van der Waals surface area contributed by atoms with E-state index < -0.39 is 5.97 Å². The highest BCUT2D eigenvalue weighted by molar-refractivity contribution is 6.36. The highest BCUT2D eigenvalue weighted by atomic mass is 35.5. The van der Waals surface area contributed by atoms with Gasteiger partial charge in [-0.15, -0.1) is 0 Å². The summed E-state index contributed by atoms with van der Waals surface area (Å²) in [6.45, 7) is 2.37. The Balaban J connectivity index is 2.42. The molecule has 0 unspecified atom stereocenters. The van der Waals surface area contributed by atoms with Gasteiger partial charge in [0.05, 0.1) is 22.2 Å². The van der Waals surface area contributed by atoms with Gasteiger partial charge in [-0.05, 0) is 30.7 Å². The van der Waals surface area contributed by atoms with Crippen molar-refractivity contribution in [2.75, 3.05) is 6.61 Å². The summed E-state index contributed by atoms with van der Waals surface area (Å²) < 4.78 is 5.36. The van der Waals surface area contributed by atoms with Gasteiger partial charge in [0.15, 0.2) is 0 Å². The molecule has 0 aliphatic heterocycles. The van der Waals surface area contributed by atoms with Crippen LogP contribution in [0.2, 0.25) is 10.0 Å². The third kappa shape index (κ3) is 3.06. The van der Waals surface area contributed by atoms with Gasteiger partial charge in [0, 0.05) is 11.6 Å². The maximum Gasteiger partial charge on any atom is 0.335 e. The van der Waals surface area contributed by atoms with Crippen LogP contribution in [-0.4, -0.2) is 17.7 Å². The molecule has 2 aromatic rings. The van der Waals surface area contributed by atoms with Crippen molar-refractivity contribution in [2.24, 2.45) is 0 Å². The Bertz CT molecular complexity index is 636. The Kier molecular flexibility index (Phi) is 4.53. The van der Waals surface area contributed by atoms with Gasteiger partial charge in [0.1, 0.15) is 5.75 Å². The normalized spacial score (nSPS) is 10.3. The number of carbonyl (C=O) groups is 1. The minimum absolute atomic E-state index is 0.224. The fraction of sp³-hybridized carbons (Fsp3) is 0.133. The Morgan fingerprint density at radius 2 is 1.80 bits per heavy atom. The van der Waals surface area contributed by atoms with Crippen molar-refractivity contribution in [3.63, 3.8) is 0 Å². The van der Waals surface area contributed by atoms with Crippen molar-refractivity contribution in [3.05, 3.63) is 52.0 Å². The fourth-order valence-corrected chi connectivity index (χ4v) is 2.29. The van der Waals surface area contributed by atoms with Crippen LogP contribution in [0.4, 0.5) is 0 Å².